The summed E-state index contributed by atoms with van der Waals surface area (Å²) in [5.74, 6) is 0.678. The number of nitrogens with one attached hydrogen (secondary N) is 1. The first-order valence-corrected chi connectivity index (χ1v) is 5.61. The molecule has 0 aromatic heterocycles. The molecule has 1 aliphatic heterocycles. The van der Waals surface area contributed by atoms with E-state index >= 15 is 0 Å². The largest absolute Gasteiger partial charge is 0.349 e. The van der Waals surface area contributed by atoms with Crippen LogP contribution in [0.4, 0.5) is 0 Å². The molecule has 72 valence electrons. The van der Waals surface area contributed by atoms with E-state index in [0.717, 1.165) is 10.9 Å². The van der Waals surface area contributed by atoms with Crippen LogP contribution in [0.25, 0.3) is 0 Å². The van der Waals surface area contributed by atoms with Crippen molar-refractivity contribution in [2.75, 3.05) is 0 Å². The standard InChI is InChI=1S/C11H10BrNO/c12-8-3-1-2-6-4-7-5-9(14)13-11(7)10(6)8/h1-3,7,11H,4-5H2,(H,13,14)/t7-,11-/m0/s1. The van der Waals surface area contributed by atoms with Crippen LogP contribution >= 0.6 is 15.9 Å². The number of hydrogen-bond acceptors (Lipinski definition) is 1. The van der Waals surface area contributed by atoms with Crippen molar-refractivity contribution in [2.24, 2.45) is 5.92 Å². The summed E-state index contributed by atoms with van der Waals surface area (Å²) in [6.07, 6.45) is 1.73. The van der Waals surface area contributed by atoms with E-state index < -0.39 is 0 Å². The lowest BCUT2D eigenvalue weighted by atomic mass is 10.0. The number of hydrogen-bond donors (Lipinski definition) is 1. The predicted octanol–water partition coefficient (Wildman–Crippen LogP) is 2.18. The maximum atomic E-state index is 11.3. The summed E-state index contributed by atoms with van der Waals surface area (Å²) in [6.45, 7) is 0. The van der Waals surface area contributed by atoms with Gasteiger partial charge in [0.25, 0.3) is 0 Å². The highest BCUT2D eigenvalue weighted by atomic mass is 79.9. The molecule has 1 aliphatic carbocycles. The molecule has 1 amide bonds. The molecule has 0 bridgehead atoms. The number of benzene rings is 1. The Morgan fingerprint density at radius 3 is 3.07 bits per heavy atom. The monoisotopic (exact) mass is 251 g/mol. The summed E-state index contributed by atoms with van der Waals surface area (Å²) in [4.78, 5) is 11.3. The van der Waals surface area contributed by atoms with Crippen LogP contribution in [0.15, 0.2) is 22.7 Å². The Kier molecular flexibility index (Phi) is 1.71. The quantitative estimate of drug-likeness (QED) is 0.753. The van der Waals surface area contributed by atoms with Gasteiger partial charge in [0, 0.05) is 10.9 Å². The molecule has 1 heterocycles. The molecule has 1 aromatic rings. The number of halogens is 1. The Balaban J connectivity index is 2.11. The Bertz CT molecular complexity index is 416. The van der Waals surface area contributed by atoms with Crippen molar-refractivity contribution in [3.8, 4) is 0 Å². The van der Waals surface area contributed by atoms with E-state index in [0.29, 0.717) is 12.3 Å². The maximum Gasteiger partial charge on any atom is 0.220 e. The lowest BCUT2D eigenvalue weighted by Gasteiger charge is -2.11. The Labute approximate surface area is 90.8 Å². The molecule has 0 spiro atoms. The second-order valence-corrected chi connectivity index (χ2v) is 4.88. The van der Waals surface area contributed by atoms with E-state index in [1.54, 1.807) is 0 Å². The molecule has 0 saturated carbocycles. The average molecular weight is 252 g/mol. The van der Waals surface area contributed by atoms with Gasteiger partial charge in [0.05, 0.1) is 6.04 Å². The van der Waals surface area contributed by atoms with Gasteiger partial charge in [-0.05, 0) is 29.5 Å². The first-order valence-electron chi connectivity index (χ1n) is 4.82. The van der Waals surface area contributed by atoms with Gasteiger partial charge in [0.1, 0.15) is 0 Å². The molecule has 0 unspecified atom stereocenters. The molecule has 3 rings (SSSR count). The molecule has 14 heavy (non-hydrogen) atoms. The van der Waals surface area contributed by atoms with Crippen molar-refractivity contribution in [1.29, 1.82) is 0 Å². The number of carbonyl (C=O) groups excluding carboxylic acids is 1. The molecular formula is C11H10BrNO. The highest BCUT2D eigenvalue weighted by Gasteiger charge is 2.40. The van der Waals surface area contributed by atoms with Crippen molar-refractivity contribution in [3.63, 3.8) is 0 Å². The van der Waals surface area contributed by atoms with E-state index in [-0.39, 0.29) is 11.9 Å². The SMILES string of the molecule is O=C1C[C@@H]2Cc3cccc(Br)c3[C@H]2N1. The van der Waals surface area contributed by atoms with Crippen molar-refractivity contribution < 1.29 is 4.79 Å². The minimum Gasteiger partial charge on any atom is -0.349 e. The fourth-order valence-corrected chi connectivity index (χ4v) is 3.25. The topological polar surface area (TPSA) is 29.1 Å². The van der Waals surface area contributed by atoms with Crippen molar-refractivity contribution in [2.45, 2.75) is 18.9 Å². The first-order chi connectivity index (χ1) is 6.75. The number of rotatable bonds is 0. The van der Waals surface area contributed by atoms with E-state index in [9.17, 15) is 4.79 Å². The highest BCUT2D eigenvalue weighted by Crippen LogP contribution is 2.44. The zero-order valence-electron chi connectivity index (χ0n) is 7.59. The van der Waals surface area contributed by atoms with E-state index in [1.165, 1.54) is 11.1 Å². The van der Waals surface area contributed by atoms with Crippen LogP contribution in [0.5, 0.6) is 0 Å². The van der Waals surface area contributed by atoms with Crippen LogP contribution in [0.2, 0.25) is 0 Å². The normalized spacial score (nSPS) is 28.5. The van der Waals surface area contributed by atoms with E-state index in [2.05, 4.69) is 33.4 Å². The third-order valence-corrected chi connectivity index (χ3v) is 3.86. The maximum absolute atomic E-state index is 11.3. The minimum atomic E-state index is 0.196. The molecule has 2 nitrogen and oxygen atoms in total. The molecule has 2 atom stereocenters. The number of carbonyl (C=O) groups is 1. The lowest BCUT2D eigenvalue weighted by Crippen LogP contribution is -2.18. The number of amides is 1. The fourth-order valence-electron chi connectivity index (χ4n) is 2.59. The van der Waals surface area contributed by atoms with Gasteiger partial charge in [0.2, 0.25) is 5.91 Å². The first kappa shape index (κ1) is 8.48. The molecule has 1 N–H and O–H groups in total. The van der Waals surface area contributed by atoms with Gasteiger partial charge in [-0.3, -0.25) is 4.79 Å². The van der Waals surface area contributed by atoms with Crippen molar-refractivity contribution in [3.05, 3.63) is 33.8 Å². The summed E-state index contributed by atoms with van der Waals surface area (Å²) >= 11 is 3.55. The van der Waals surface area contributed by atoms with Gasteiger partial charge in [-0.2, -0.15) is 0 Å². The molecule has 1 saturated heterocycles. The lowest BCUT2D eigenvalue weighted by molar-refractivity contribution is -0.119. The summed E-state index contributed by atoms with van der Waals surface area (Å²) in [5, 5.41) is 3.04. The third kappa shape index (κ3) is 1.05. The summed E-state index contributed by atoms with van der Waals surface area (Å²) in [7, 11) is 0. The van der Waals surface area contributed by atoms with Gasteiger partial charge in [-0.1, -0.05) is 28.1 Å². The molecule has 1 fully saturated rings. The Morgan fingerprint density at radius 1 is 1.36 bits per heavy atom. The van der Waals surface area contributed by atoms with Crippen molar-refractivity contribution >= 4 is 21.8 Å². The summed E-state index contributed by atoms with van der Waals surface area (Å²) < 4.78 is 1.13. The molecule has 1 aromatic carbocycles. The van der Waals surface area contributed by atoms with E-state index in [4.69, 9.17) is 0 Å². The second kappa shape index (κ2) is 2.83. The zero-order valence-corrected chi connectivity index (χ0v) is 9.17. The zero-order chi connectivity index (χ0) is 9.71. The predicted molar refractivity (Wildman–Crippen MR) is 56.8 cm³/mol. The van der Waals surface area contributed by atoms with Gasteiger partial charge in [-0.25, -0.2) is 0 Å². The van der Waals surface area contributed by atoms with Crippen LogP contribution in [-0.2, 0) is 11.2 Å². The van der Waals surface area contributed by atoms with Crippen LogP contribution in [0.3, 0.4) is 0 Å². The Hall–Kier alpha value is -0.830. The van der Waals surface area contributed by atoms with Crippen molar-refractivity contribution in [1.82, 2.24) is 5.32 Å². The van der Waals surface area contributed by atoms with E-state index in [1.807, 2.05) is 6.07 Å². The number of fused-ring (bicyclic) bond motifs is 3. The highest BCUT2D eigenvalue weighted by molar-refractivity contribution is 9.10. The van der Waals surface area contributed by atoms with Gasteiger partial charge in [0.15, 0.2) is 0 Å². The van der Waals surface area contributed by atoms with Crippen LogP contribution in [0.1, 0.15) is 23.6 Å². The van der Waals surface area contributed by atoms with Gasteiger partial charge >= 0.3 is 0 Å². The third-order valence-electron chi connectivity index (χ3n) is 3.17. The fraction of sp³-hybridized carbons (Fsp3) is 0.364. The van der Waals surface area contributed by atoms with Gasteiger partial charge in [-0.15, -0.1) is 0 Å². The summed E-state index contributed by atoms with van der Waals surface area (Å²) in [6, 6.07) is 6.52. The van der Waals surface area contributed by atoms with Crippen LogP contribution < -0.4 is 5.32 Å². The molecule has 0 radical (unpaired) electrons. The van der Waals surface area contributed by atoms with Crippen LogP contribution in [0, 0.1) is 5.92 Å². The van der Waals surface area contributed by atoms with Crippen LogP contribution in [-0.4, -0.2) is 5.91 Å². The molecule has 2 aliphatic rings. The molecular weight excluding hydrogens is 242 g/mol. The smallest absolute Gasteiger partial charge is 0.220 e. The summed E-state index contributed by atoms with van der Waals surface area (Å²) in [5.41, 5.74) is 2.68. The molecule has 3 heteroatoms. The second-order valence-electron chi connectivity index (χ2n) is 4.03. The van der Waals surface area contributed by atoms with Gasteiger partial charge < -0.3 is 5.32 Å². The Morgan fingerprint density at radius 2 is 2.21 bits per heavy atom. The minimum absolute atomic E-state index is 0.196. The average Bonchev–Trinajstić information content (AvgIpc) is 2.60.